The lowest BCUT2D eigenvalue weighted by Crippen LogP contribution is -2.07. The first-order valence-electron chi connectivity index (χ1n) is 3.33. The van der Waals surface area contributed by atoms with Crippen LogP contribution in [0.5, 0.6) is 0 Å². The molecule has 0 fully saturated rings. The van der Waals surface area contributed by atoms with Crippen molar-refractivity contribution in [1.29, 1.82) is 0 Å². The molecule has 0 spiro atoms. The van der Waals surface area contributed by atoms with E-state index in [0.29, 0.717) is 0 Å². The highest BCUT2D eigenvalue weighted by Crippen LogP contribution is 2.05. The molecular formula is C8H5ClFNO2. The van der Waals surface area contributed by atoms with Crippen LogP contribution in [0.15, 0.2) is 29.4 Å². The average Bonchev–Trinajstić information content (AvgIpc) is 2.17. The van der Waals surface area contributed by atoms with Crippen molar-refractivity contribution in [3.05, 3.63) is 35.6 Å². The van der Waals surface area contributed by atoms with Gasteiger partial charge in [-0.25, -0.2) is 4.39 Å². The number of ketones is 1. The summed E-state index contributed by atoms with van der Waals surface area (Å²) >= 11 is 5.25. The largest absolute Gasteiger partial charge is 0.410 e. The van der Waals surface area contributed by atoms with E-state index < -0.39 is 16.8 Å². The van der Waals surface area contributed by atoms with Crippen molar-refractivity contribution >= 4 is 22.6 Å². The summed E-state index contributed by atoms with van der Waals surface area (Å²) in [5, 5.41) is 10.2. The molecule has 1 aromatic rings. The van der Waals surface area contributed by atoms with Gasteiger partial charge in [0.25, 0.3) is 0 Å². The minimum atomic E-state index is -0.649. The number of carbonyl (C=O) groups is 1. The predicted molar refractivity (Wildman–Crippen MR) is 45.8 cm³/mol. The van der Waals surface area contributed by atoms with Crippen LogP contribution in [0.3, 0.4) is 0 Å². The van der Waals surface area contributed by atoms with Gasteiger partial charge in [0.1, 0.15) is 5.82 Å². The molecule has 5 heteroatoms. The molecule has 1 N–H and O–H groups in total. The summed E-state index contributed by atoms with van der Waals surface area (Å²) in [6, 6.07) is 4.75. The van der Waals surface area contributed by atoms with Gasteiger partial charge in [-0.05, 0) is 24.3 Å². The molecule has 0 saturated heterocycles. The number of hydrogen-bond acceptors (Lipinski definition) is 3. The van der Waals surface area contributed by atoms with Gasteiger partial charge in [-0.3, -0.25) is 4.79 Å². The quantitative estimate of drug-likeness (QED) is 0.345. The van der Waals surface area contributed by atoms with Crippen molar-refractivity contribution in [2.75, 3.05) is 0 Å². The number of benzene rings is 1. The molecule has 0 bridgehead atoms. The molecule has 0 aliphatic heterocycles. The number of carbonyl (C=O) groups excluding carboxylic acids is 1. The molecule has 0 heterocycles. The molecule has 0 atom stereocenters. The van der Waals surface area contributed by atoms with Gasteiger partial charge in [0, 0.05) is 5.56 Å². The molecule has 0 aliphatic carbocycles. The van der Waals surface area contributed by atoms with Gasteiger partial charge >= 0.3 is 0 Å². The van der Waals surface area contributed by atoms with Gasteiger partial charge in [-0.1, -0.05) is 16.8 Å². The van der Waals surface area contributed by atoms with E-state index in [1.165, 1.54) is 12.1 Å². The van der Waals surface area contributed by atoms with Crippen molar-refractivity contribution in [2.24, 2.45) is 5.16 Å². The zero-order valence-corrected chi connectivity index (χ0v) is 7.12. The number of hydrogen-bond donors (Lipinski definition) is 1. The molecule has 0 radical (unpaired) electrons. The second kappa shape index (κ2) is 4.00. The molecule has 1 aromatic carbocycles. The third kappa shape index (κ3) is 2.26. The summed E-state index contributed by atoms with van der Waals surface area (Å²) in [6.45, 7) is 0. The maximum absolute atomic E-state index is 12.4. The van der Waals surface area contributed by atoms with Crippen molar-refractivity contribution in [3.8, 4) is 0 Å². The Morgan fingerprint density at radius 3 is 2.38 bits per heavy atom. The molecule has 0 aliphatic rings. The van der Waals surface area contributed by atoms with Crippen molar-refractivity contribution in [1.82, 2.24) is 0 Å². The molecule has 1 rings (SSSR count). The van der Waals surface area contributed by atoms with Crippen LogP contribution in [0.1, 0.15) is 10.4 Å². The van der Waals surface area contributed by atoms with Crippen molar-refractivity contribution < 1.29 is 14.4 Å². The topological polar surface area (TPSA) is 49.7 Å². The molecule has 3 nitrogen and oxygen atoms in total. The van der Waals surface area contributed by atoms with E-state index in [4.69, 9.17) is 16.8 Å². The molecule has 0 saturated carbocycles. The monoisotopic (exact) mass is 201 g/mol. The predicted octanol–water partition coefficient (Wildman–Crippen LogP) is 2.03. The smallest absolute Gasteiger partial charge is 0.226 e. The lowest BCUT2D eigenvalue weighted by molar-refractivity contribution is 0.106. The van der Waals surface area contributed by atoms with Gasteiger partial charge in [0.05, 0.1) is 0 Å². The fourth-order valence-electron chi connectivity index (χ4n) is 0.766. The zero-order valence-electron chi connectivity index (χ0n) is 6.37. The van der Waals surface area contributed by atoms with Crippen LogP contribution in [0.4, 0.5) is 4.39 Å². The number of nitrogens with zero attached hydrogens (tertiary/aromatic N) is 1. The second-order valence-electron chi connectivity index (χ2n) is 2.23. The summed E-state index contributed by atoms with van der Waals surface area (Å²) in [6.07, 6.45) is 0. The zero-order chi connectivity index (χ0) is 9.84. The van der Waals surface area contributed by atoms with Gasteiger partial charge in [0.15, 0.2) is 0 Å². The Morgan fingerprint density at radius 2 is 1.92 bits per heavy atom. The van der Waals surface area contributed by atoms with E-state index in [1.54, 1.807) is 0 Å². The summed E-state index contributed by atoms with van der Waals surface area (Å²) < 4.78 is 12.4. The lowest BCUT2D eigenvalue weighted by atomic mass is 10.1. The highest BCUT2D eigenvalue weighted by atomic mass is 35.5. The van der Waals surface area contributed by atoms with E-state index in [9.17, 15) is 9.18 Å². The van der Waals surface area contributed by atoms with Gasteiger partial charge in [-0.15, -0.1) is 0 Å². The van der Waals surface area contributed by atoms with E-state index in [2.05, 4.69) is 5.16 Å². The standard InChI is InChI=1S/C8H5ClFNO2/c9-8(11-13)7(12)5-1-3-6(10)4-2-5/h1-4,13H/b11-8-. The molecule has 68 valence electrons. The first-order chi connectivity index (χ1) is 6.15. The second-order valence-corrected chi connectivity index (χ2v) is 2.58. The normalized spacial score (nSPS) is 11.4. The van der Waals surface area contributed by atoms with Gasteiger partial charge < -0.3 is 5.21 Å². The highest BCUT2D eigenvalue weighted by Gasteiger charge is 2.11. The van der Waals surface area contributed by atoms with Crippen LogP contribution in [0.2, 0.25) is 0 Å². The van der Waals surface area contributed by atoms with Gasteiger partial charge in [-0.2, -0.15) is 0 Å². The van der Waals surface area contributed by atoms with Crippen LogP contribution >= 0.6 is 11.6 Å². The fraction of sp³-hybridized carbons (Fsp3) is 0. The Labute approximate surface area is 78.4 Å². The lowest BCUT2D eigenvalue weighted by Gasteiger charge is -1.95. The van der Waals surface area contributed by atoms with Crippen LogP contribution in [-0.2, 0) is 0 Å². The Hall–Kier alpha value is -1.42. The summed E-state index contributed by atoms with van der Waals surface area (Å²) in [5.74, 6) is -1.10. The molecule has 0 amide bonds. The maximum Gasteiger partial charge on any atom is 0.226 e. The third-order valence-corrected chi connectivity index (χ3v) is 1.63. The minimum absolute atomic E-state index is 0.171. The van der Waals surface area contributed by atoms with Crippen LogP contribution < -0.4 is 0 Å². The van der Waals surface area contributed by atoms with E-state index in [-0.39, 0.29) is 5.56 Å². The number of halogens is 2. The van der Waals surface area contributed by atoms with Crippen LogP contribution in [-0.4, -0.2) is 16.2 Å². The van der Waals surface area contributed by atoms with Crippen molar-refractivity contribution in [2.45, 2.75) is 0 Å². The van der Waals surface area contributed by atoms with Gasteiger partial charge in [0.2, 0.25) is 11.0 Å². The van der Waals surface area contributed by atoms with E-state index in [1.807, 2.05) is 0 Å². The summed E-state index contributed by atoms with van der Waals surface area (Å²) in [7, 11) is 0. The Balaban J connectivity index is 2.97. The molecular weight excluding hydrogens is 197 g/mol. The van der Waals surface area contributed by atoms with Crippen molar-refractivity contribution in [3.63, 3.8) is 0 Å². The maximum atomic E-state index is 12.4. The Kier molecular flexibility index (Phi) is 2.97. The number of Topliss-reactive ketones (excluding diaryl/α,β-unsaturated/α-hetero) is 1. The molecule has 0 unspecified atom stereocenters. The third-order valence-electron chi connectivity index (χ3n) is 1.38. The van der Waals surface area contributed by atoms with E-state index in [0.717, 1.165) is 12.1 Å². The highest BCUT2D eigenvalue weighted by molar-refractivity contribution is 6.84. The number of rotatable bonds is 2. The molecule has 13 heavy (non-hydrogen) atoms. The summed E-state index contributed by atoms with van der Waals surface area (Å²) in [5.41, 5.74) is 0.171. The first-order valence-corrected chi connectivity index (χ1v) is 3.71. The number of oxime groups is 1. The van der Waals surface area contributed by atoms with Crippen LogP contribution in [0, 0.1) is 5.82 Å². The fourth-order valence-corrected chi connectivity index (χ4v) is 0.875. The molecule has 0 aromatic heterocycles. The van der Waals surface area contributed by atoms with Crippen LogP contribution in [0.25, 0.3) is 0 Å². The minimum Gasteiger partial charge on any atom is -0.410 e. The SMILES string of the molecule is O=C(/C(Cl)=N/O)c1ccc(F)cc1. The average molecular weight is 202 g/mol. The summed E-state index contributed by atoms with van der Waals surface area (Å²) in [4.78, 5) is 11.1. The first kappa shape index (κ1) is 9.67. The Morgan fingerprint density at radius 1 is 1.38 bits per heavy atom. The van der Waals surface area contributed by atoms with E-state index >= 15 is 0 Å². The Bertz CT molecular complexity index is 348.